The molecule has 0 aliphatic heterocycles. The number of hydrogen-bond donors (Lipinski definition) is 0. The highest BCUT2D eigenvalue weighted by molar-refractivity contribution is 6.12. The van der Waals surface area contributed by atoms with Crippen molar-refractivity contribution in [3.63, 3.8) is 0 Å². The Morgan fingerprint density at radius 3 is 1.39 bits per heavy atom. The van der Waals surface area contributed by atoms with Crippen molar-refractivity contribution in [3.05, 3.63) is 169 Å². The highest BCUT2D eigenvalue weighted by atomic mass is 15.0. The molecule has 0 bridgehead atoms. The van der Waals surface area contributed by atoms with Gasteiger partial charge in [-0.05, 0) is 82.8 Å². The van der Waals surface area contributed by atoms with E-state index in [1.165, 1.54) is 9.13 Å². The lowest BCUT2D eigenvalue weighted by Gasteiger charge is -2.10. The molecule has 0 aliphatic carbocycles. The standard InChI is InChI=1S/C42H28N2/c1-3-11-29(12-4-1)30-19-23-34(24-20-30)44-40-18-10-8-16-36(40)38-28-32(22-26-42(38)44)31-21-25-41-37(27-31)35-15-7-9-17-39(35)43(41)33-13-5-2-6-14-33/h1-28H/i1D,7D,8D,9D,10D,15D,16D,17D,18D,21D,22D,25D,26D,27D,28D. The third-order valence-corrected chi connectivity index (χ3v) is 7.76. The lowest BCUT2D eigenvalue weighted by molar-refractivity contribution is 1.18. The molecule has 2 nitrogen and oxygen atoms in total. The topological polar surface area (TPSA) is 9.86 Å². The summed E-state index contributed by atoms with van der Waals surface area (Å²) in [7, 11) is 0. The summed E-state index contributed by atoms with van der Waals surface area (Å²) in [4.78, 5) is 0. The molecule has 206 valence electrons. The molecule has 7 aromatic carbocycles. The number of benzene rings is 7. The number of para-hydroxylation sites is 3. The van der Waals surface area contributed by atoms with Gasteiger partial charge in [0.2, 0.25) is 0 Å². The second-order valence-corrected chi connectivity index (χ2v) is 10.2. The van der Waals surface area contributed by atoms with Crippen LogP contribution in [-0.2, 0) is 0 Å². The maximum absolute atomic E-state index is 9.70. The van der Waals surface area contributed by atoms with Gasteiger partial charge in [0.25, 0.3) is 0 Å². The van der Waals surface area contributed by atoms with Crippen molar-refractivity contribution in [3.8, 4) is 33.6 Å². The molecule has 0 spiro atoms. The van der Waals surface area contributed by atoms with Gasteiger partial charge in [0.05, 0.1) is 42.6 Å². The Balaban J connectivity index is 1.43. The van der Waals surface area contributed by atoms with E-state index in [2.05, 4.69) is 0 Å². The Kier molecular flexibility index (Phi) is 3.15. The summed E-state index contributed by atoms with van der Waals surface area (Å²) in [6.45, 7) is 0. The van der Waals surface area contributed by atoms with E-state index in [1.54, 1.807) is 78.9 Å². The van der Waals surface area contributed by atoms with Crippen molar-refractivity contribution in [1.29, 1.82) is 0 Å². The Bertz CT molecular complexity index is 3300. The molecule has 2 heterocycles. The first-order chi connectivity index (χ1) is 28.1. The van der Waals surface area contributed by atoms with Gasteiger partial charge in [-0.2, -0.15) is 0 Å². The van der Waals surface area contributed by atoms with E-state index in [-0.39, 0.29) is 43.6 Å². The van der Waals surface area contributed by atoms with Gasteiger partial charge in [-0.15, -0.1) is 0 Å². The van der Waals surface area contributed by atoms with Gasteiger partial charge in [0.15, 0.2) is 0 Å². The highest BCUT2D eigenvalue weighted by Gasteiger charge is 2.16. The minimum Gasteiger partial charge on any atom is -0.309 e. The van der Waals surface area contributed by atoms with Crippen LogP contribution in [0.1, 0.15) is 20.6 Å². The van der Waals surface area contributed by atoms with E-state index in [0.29, 0.717) is 17.4 Å². The molecule has 9 rings (SSSR count). The van der Waals surface area contributed by atoms with Crippen LogP contribution in [-0.4, -0.2) is 9.13 Å². The Morgan fingerprint density at radius 1 is 0.341 bits per heavy atom. The predicted molar refractivity (Wildman–Crippen MR) is 186 cm³/mol. The monoisotopic (exact) mass is 575 g/mol. The fourth-order valence-corrected chi connectivity index (χ4v) is 5.75. The first-order valence-corrected chi connectivity index (χ1v) is 13.9. The Morgan fingerprint density at radius 2 is 0.818 bits per heavy atom. The molecule has 0 amide bonds. The van der Waals surface area contributed by atoms with Gasteiger partial charge >= 0.3 is 0 Å². The Labute approximate surface area is 276 Å². The van der Waals surface area contributed by atoms with E-state index in [4.69, 9.17) is 12.3 Å². The van der Waals surface area contributed by atoms with E-state index in [9.17, 15) is 8.22 Å². The lowest BCUT2D eigenvalue weighted by Crippen LogP contribution is -1.93. The zero-order valence-corrected chi connectivity index (χ0v) is 22.9. The average molecular weight is 576 g/mol. The van der Waals surface area contributed by atoms with Crippen molar-refractivity contribution in [1.82, 2.24) is 9.13 Å². The summed E-state index contributed by atoms with van der Waals surface area (Å²) in [5.74, 6) is 0. The normalized spacial score (nSPS) is 16.4. The molecule has 0 saturated carbocycles. The van der Waals surface area contributed by atoms with Crippen LogP contribution >= 0.6 is 0 Å². The predicted octanol–water partition coefficient (Wildman–Crippen LogP) is 11.2. The number of aromatic nitrogens is 2. The van der Waals surface area contributed by atoms with Gasteiger partial charge in [-0.25, -0.2) is 0 Å². The molecule has 2 heteroatoms. The summed E-state index contributed by atoms with van der Waals surface area (Å²) in [6.07, 6.45) is 0. The molecule has 0 radical (unpaired) electrons. The summed E-state index contributed by atoms with van der Waals surface area (Å²) in [5.41, 5.74) is 1.25. The highest BCUT2D eigenvalue weighted by Crippen LogP contribution is 2.38. The molecular weight excluding hydrogens is 532 g/mol. The molecular formula is C42H28N2. The first kappa shape index (κ1) is 14.1. The van der Waals surface area contributed by atoms with Crippen molar-refractivity contribution in [2.75, 3.05) is 0 Å². The molecule has 44 heavy (non-hydrogen) atoms. The molecule has 0 fully saturated rings. The van der Waals surface area contributed by atoms with Crippen molar-refractivity contribution < 1.29 is 20.6 Å². The molecule has 0 N–H and O–H groups in total. The molecule has 2 aromatic heterocycles. The molecule has 9 aromatic rings. The van der Waals surface area contributed by atoms with Gasteiger partial charge in [0.1, 0.15) is 0 Å². The lowest BCUT2D eigenvalue weighted by atomic mass is 10.0. The van der Waals surface area contributed by atoms with Gasteiger partial charge in [-0.3, -0.25) is 0 Å². The van der Waals surface area contributed by atoms with Crippen LogP contribution in [0, 0.1) is 0 Å². The minimum absolute atomic E-state index is 0.0388. The molecule has 0 unspecified atom stereocenters. The zero-order valence-electron chi connectivity index (χ0n) is 37.9. The average Bonchev–Trinajstić information content (AvgIpc) is 3.79. The van der Waals surface area contributed by atoms with Crippen LogP contribution in [0.15, 0.2) is 169 Å². The van der Waals surface area contributed by atoms with E-state index >= 15 is 0 Å². The van der Waals surface area contributed by atoms with Crippen molar-refractivity contribution in [2.24, 2.45) is 0 Å². The van der Waals surface area contributed by atoms with Crippen molar-refractivity contribution >= 4 is 43.6 Å². The summed E-state index contributed by atoms with van der Waals surface area (Å²) in [6, 6.07) is 15.0. The zero-order chi connectivity index (χ0) is 42.1. The summed E-state index contributed by atoms with van der Waals surface area (Å²) < 4.78 is 138. The van der Waals surface area contributed by atoms with E-state index in [1.807, 2.05) is 0 Å². The molecule has 0 aliphatic rings. The SMILES string of the molecule is [2H]c1ccc(-c2ccc(-n3c4c([2H])c([2H])c([2H])c([2H])c4c4c([2H])c(-c5c([2H])c([2H])c6c(c5[2H])c5c([2H])c([2H])c([2H])c([2H])c5n6-c5ccccc5)c([2H])c([2H])c43)cc2)cc1. The van der Waals surface area contributed by atoms with Crippen LogP contribution in [0.3, 0.4) is 0 Å². The van der Waals surface area contributed by atoms with E-state index in [0.717, 1.165) is 11.1 Å². The fraction of sp³-hybridized carbons (Fsp3) is 0. The smallest absolute Gasteiger partial charge is 0.0645 e. The second kappa shape index (κ2) is 9.86. The third kappa shape index (κ3) is 3.82. The number of rotatable bonds is 4. The van der Waals surface area contributed by atoms with Crippen LogP contribution in [0.5, 0.6) is 0 Å². The number of fused-ring (bicyclic) bond motifs is 6. The van der Waals surface area contributed by atoms with Gasteiger partial charge in [-0.1, -0.05) is 109 Å². The van der Waals surface area contributed by atoms with Crippen molar-refractivity contribution in [2.45, 2.75) is 0 Å². The Hall–Kier alpha value is -5.86. The maximum Gasteiger partial charge on any atom is 0.0645 e. The fourth-order valence-electron chi connectivity index (χ4n) is 5.75. The molecule has 0 saturated heterocycles. The third-order valence-electron chi connectivity index (χ3n) is 7.76. The quantitative estimate of drug-likeness (QED) is 0.197. The number of hydrogen-bond acceptors (Lipinski definition) is 0. The van der Waals surface area contributed by atoms with Crippen LogP contribution in [0.4, 0.5) is 0 Å². The minimum atomic E-state index is -0.622. The number of nitrogens with zero attached hydrogens (tertiary/aromatic N) is 2. The van der Waals surface area contributed by atoms with Gasteiger partial charge < -0.3 is 9.13 Å². The maximum atomic E-state index is 9.70. The molecule has 0 atom stereocenters. The first-order valence-electron chi connectivity index (χ1n) is 21.4. The summed E-state index contributed by atoms with van der Waals surface area (Å²) >= 11 is 0. The van der Waals surface area contributed by atoms with Crippen LogP contribution < -0.4 is 0 Å². The van der Waals surface area contributed by atoms with Gasteiger partial charge in [0, 0.05) is 32.9 Å². The van der Waals surface area contributed by atoms with E-state index < -0.39 is 95.7 Å². The van der Waals surface area contributed by atoms with Crippen LogP contribution in [0.25, 0.3) is 77.2 Å². The van der Waals surface area contributed by atoms with Crippen LogP contribution in [0.2, 0.25) is 0 Å². The largest absolute Gasteiger partial charge is 0.309 e. The second-order valence-electron chi connectivity index (χ2n) is 10.2. The summed E-state index contributed by atoms with van der Waals surface area (Å²) in [5, 5.41) is -0.498.